The minimum absolute atomic E-state index is 0.0467. The van der Waals surface area contributed by atoms with Crippen LogP contribution in [-0.4, -0.2) is 16.8 Å². The van der Waals surface area contributed by atoms with E-state index in [0.717, 1.165) is 0 Å². The second-order valence-electron chi connectivity index (χ2n) is 15.2. The van der Waals surface area contributed by atoms with Gasteiger partial charge in [0.25, 0.3) is 6.71 Å². The number of aromatic nitrogens is 1. The van der Waals surface area contributed by atoms with Gasteiger partial charge in [0.05, 0.1) is 11.1 Å². The van der Waals surface area contributed by atoms with Gasteiger partial charge in [-0.05, 0) is 81.7 Å². The van der Waals surface area contributed by atoms with Crippen molar-refractivity contribution in [3.8, 4) is 5.69 Å². The monoisotopic (exact) mass is 556 g/mol. The Morgan fingerprint density at radius 1 is 0.721 bits per heavy atom. The van der Waals surface area contributed by atoms with Gasteiger partial charge in [-0.1, -0.05) is 107 Å². The highest BCUT2D eigenvalue weighted by molar-refractivity contribution is 7.00. The van der Waals surface area contributed by atoms with Crippen LogP contribution in [0.1, 0.15) is 71.4 Å². The van der Waals surface area contributed by atoms with Crippen molar-refractivity contribution in [3.63, 3.8) is 0 Å². The van der Waals surface area contributed by atoms with Crippen molar-refractivity contribution in [1.82, 2.24) is 4.57 Å². The Kier molecular flexibility index (Phi) is 4.30. The number of hydrogen-bond acceptors (Lipinski definition) is 1. The third-order valence-electron chi connectivity index (χ3n) is 12.2. The second kappa shape index (κ2) is 7.56. The van der Waals surface area contributed by atoms with Crippen molar-refractivity contribution in [2.75, 3.05) is 4.90 Å². The molecule has 0 spiro atoms. The zero-order valence-corrected chi connectivity index (χ0v) is 25.9. The first kappa shape index (κ1) is 24.5. The first-order valence-corrected chi connectivity index (χ1v) is 16.3. The Hall–Kier alpha value is -3.98. The fourth-order valence-electron chi connectivity index (χ4n) is 10.2. The molecule has 0 amide bonds. The fraction of sp³-hybridized carbons (Fsp3) is 0.300. The van der Waals surface area contributed by atoms with Gasteiger partial charge >= 0.3 is 0 Å². The van der Waals surface area contributed by atoms with E-state index in [2.05, 4.69) is 129 Å². The molecule has 0 bridgehead atoms. The Bertz CT molecular complexity index is 2230. The highest BCUT2D eigenvalue weighted by atomic mass is 15.3. The average molecular weight is 557 g/mol. The summed E-state index contributed by atoms with van der Waals surface area (Å²) in [5.74, 6) is 0. The molecule has 210 valence electrons. The van der Waals surface area contributed by atoms with Crippen LogP contribution in [-0.2, 0) is 10.8 Å². The molecule has 1 aliphatic carbocycles. The van der Waals surface area contributed by atoms with E-state index >= 15 is 0 Å². The maximum Gasteiger partial charge on any atom is 0.252 e. The lowest BCUT2D eigenvalue weighted by Crippen LogP contribution is -2.64. The van der Waals surface area contributed by atoms with E-state index in [1.54, 1.807) is 11.1 Å². The summed E-state index contributed by atoms with van der Waals surface area (Å²) in [5, 5.41) is 5.41. The molecule has 2 nitrogen and oxygen atoms in total. The van der Waals surface area contributed by atoms with Crippen LogP contribution >= 0.6 is 0 Å². The number of hydrogen-bond donors (Lipinski definition) is 0. The average Bonchev–Trinajstić information content (AvgIpc) is 3.45. The lowest BCUT2D eigenvalue weighted by atomic mass is 9.33. The lowest BCUT2D eigenvalue weighted by molar-refractivity contribution is 0.193. The fourth-order valence-corrected chi connectivity index (χ4v) is 10.2. The smallest absolute Gasteiger partial charge is 0.252 e. The van der Waals surface area contributed by atoms with Gasteiger partial charge < -0.3 is 9.47 Å². The third kappa shape index (κ3) is 2.63. The SMILES string of the molecule is CC(C)(C)c1ccc2c3c1C1(C)CCCCC1(C)N3c1cccc3c1B2c1cccc2c4c5ccccc5ccc4n-3c12. The van der Waals surface area contributed by atoms with Gasteiger partial charge in [-0.2, -0.15) is 0 Å². The first-order valence-electron chi connectivity index (χ1n) is 16.3. The summed E-state index contributed by atoms with van der Waals surface area (Å²) in [4.78, 5) is 2.85. The lowest BCUT2D eigenvalue weighted by Gasteiger charge is -2.52. The minimum atomic E-state index is 0.0467. The molecule has 1 aromatic heterocycles. The molecule has 0 N–H and O–H groups in total. The Morgan fingerprint density at radius 2 is 1.49 bits per heavy atom. The summed E-state index contributed by atoms with van der Waals surface area (Å²) < 4.78 is 2.61. The molecule has 10 rings (SSSR count). The molecule has 1 fully saturated rings. The molecule has 5 aromatic carbocycles. The molecule has 3 aliphatic heterocycles. The number of para-hydroxylation sites is 1. The van der Waals surface area contributed by atoms with E-state index in [9.17, 15) is 0 Å². The quantitative estimate of drug-likeness (QED) is 0.171. The third-order valence-corrected chi connectivity index (χ3v) is 12.2. The van der Waals surface area contributed by atoms with Gasteiger partial charge in [-0.15, -0.1) is 0 Å². The van der Waals surface area contributed by atoms with Gasteiger partial charge in [-0.25, -0.2) is 0 Å². The molecular formula is C40H37BN2. The summed E-state index contributed by atoms with van der Waals surface area (Å²) in [6.45, 7) is 12.7. The van der Waals surface area contributed by atoms with Crippen LogP contribution in [0.15, 0.2) is 84.9 Å². The van der Waals surface area contributed by atoms with E-state index in [1.807, 2.05) is 0 Å². The van der Waals surface area contributed by atoms with E-state index in [0.29, 0.717) is 0 Å². The van der Waals surface area contributed by atoms with Crippen molar-refractivity contribution in [3.05, 3.63) is 96.1 Å². The Balaban J connectivity index is 1.40. The Morgan fingerprint density at radius 3 is 2.35 bits per heavy atom. The predicted octanol–water partition coefficient (Wildman–Crippen LogP) is 8.12. The maximum atomic E-state index is 2.85. The summed E-state index contributed by atoms with van der Waals surface area (Å²) in [5.41, 5.74) is 14.9. The largest absolute Gasteiger partial charge is 0.335 e. The van der Waals surface area contributed by atoms with Crippen LogP contribution in [0.3, 0.4) is 0 Å². The van der Waals surface area contributed by atoms with Crippen molar-refractivity contribution >= 4 is 67.1 Å². The highest BCUT2D eigenvalue weighted by Gasteiger charge is 2.62. The molecule has 4 heterocycles. The van der Waals surface area contributed by atoms with Crippen molar-refractivity contribution < 1.29 is 0 Å². The predicted molar refractivity (Wildman–Crippen MR) is 184 cm³/mol. The van der Waals surface area contributed by atoms with Crippen LogP contribution < -0.4 is 21.3 Å². The van der Waals surface area contributed by atoms with Crippen LogP contribution in [0.2, 0.25) is 0 Å². The van der Waals surface area contributed by atoms with Gasteiger partial charge in [0.15, 0.2) is 0 Å². The number of nitrogens with zero attached hydrogens (tertiary/aromatic N) is 2. The molecule has 4 aliphatic rings. The standard InChI is InChI=1S/C40H37BN2/c1-38(2,3)27-19-20-29-37-34(27)39(4)22-8-9-23-40(39,5)43(37)32-17-11-16-31-35(32)41(29)28-15-10-14-26-33-25-13-7-6-12-24(25)18-21-30(33)42(31)36(26)28/h6-7,10-21H,8-9,22-23H2,1-5H3. The van der Waals surface area contributed by atoms with Crippen LogP contribution in [0.25, 0.3) is 38.3 Å². The Labute approximate surface area is 254 Å². The molecular weight excluding hydrogens is 519 g/mol. The normalized spacial score (nSPS) is 23.2. The number of rotatable bonds is 0. The van der Waals surface area contributed by atoms with Gasteiger partial charge in [-0.3, -0.25) is 0 Å². The molecule has 43 heavy (non-hydrogen) atoms. The molecule has 2 atom stereocenters. The second-order valence-corrected chi connectivity index (χ2v) is 15.2. The molecule has 6 aromatic rings. The van der Waals surface area contributed by atoms with Crippen LogP contribution in [0, 0.1) is 0 Å². The van der Waals surface area contributed by atoms with Gasteiger partial charge in [0, 0.05) is 38.8 Å². The molecule has 0 saturated heterocycles. The van der Waals surface area contributed by atoms with E-state index in [1.165, 1.54) is 91.7 Å². The summed E-state index contributed by atoms with van der Waals surface area (Å²) >= 11 is 0. The van der Waals surface area contributed by atoms with E-state index in [4.69, 9.17) is 0 Å². The minimum Gasteiger partial charge on any atom is -0.335 e. The van der Waals surface area contributed by atoms with Crippen LogP contribution in [0.4, 0.5) is 11.4 Å². The zero-order chi connectivity index (χ0) is 29.0. The summed E-state index contributed by atoms with van der Waals surface area (Å²) in [6.07, 6.45) is 5.10. The number of fused-ring (bicyclic) bond motifs is 12. The highest BCUT2D eigenvalue weighted by Crippen LogP contribution is 2.63. The van der Waals surface area contributed by atoms with Crippen molar-refractivity contribution in [2.24, 2.45) is 0 Å². The molecule has 3 heteroatoms. The number of anilines is 2. The molecule has 0 radical (unpaired) electrons. The van der Waals surface area contributed by atoms with Gasteiger partial charge in [0.2, 0.25) is 0 Å². The topological polar surface area (TPSA) is 8.17 Å². The molecule has 1 saturated carbocycles. The summed E-state index contributed by atoms with van der Waals surface area (Å²) in [6, 6.07) is 32.9. The van der Waals surface area contributed by atoms with E-state index < -0.39 is 0 Å². The zero-order valence-electron chi connectivity index (χ0n) is 25.9. The van der Waals surface area contributed by atoms with Crippen molar-refractivity contribution in [2.45, 2.75) is 76.7 Å². The van der Waals surface area contributed by atoms with Gasteiger partial charge in [0.1, 0.15) is 0 Å². The maximum absolute atomic E-state index is 2.85. The first-order chi connectivity index (χ1) is 20.7. The van der Waals surface area contributed by atoms with E-state index in [-0.39, 0.29) is 23.1 Å². The molecule has 2 unspecified atom stereocenters. The van der Waals surface area contributed by atoms with Crippen molar-refractivity contribution in [1.29, 1.82) is 0 Å². The van der Waals surface area contributed by atoms with Crippen LogP contribution in [0.5, 0.6) is 0 Å². The number of benzene rings is 5. The summed E-state index contributed by atoms with van der Waals surface area (Å²) in [7, 11) is 0.